The van der Waals surface area contributed by atoms with Gasteiger partial charge >= 0.3 is 0 Å². The molecule has 1 aromatic rings. The van der Waals surface area contributed by atoms with Crippen LogP contribution >= 0.6 is 11.6 Å². The van der Waals surface area contributed by atoms with Crippen molar-refractivity contribution in [3.05, 3.63) is 27.4 Å². The summed E-state index contributed by atoms with van der Waals surface area (Å²) in [6.07, 6.45) is 1.27. The van der Waals surface area contributed by atoms with Crippen molar-refractivity contribution in [3.63, 3.8) is 0 Å². The number of nitro groups is 1. The van der Waals surface area contributed by atoms with Gasteiger partial charge < -0.3 is 10.2 Å². The third-order valence-corrected chi connectivity index (χ3v) is 3.99. The topological polar surface area (TPSA) is 71.3 Å². The van der Waals surface area contributed by atoms with Crippen molar-refractivity contribution in [2.75, 3.05) is 31.1 Å². The highest BCUT2D eigenvalue weighted by molar-refractivity contribution is 6.33. The summed E-state index contributed by atoms with van der Waals surface area (Å²) in [6, 6.07) is 1.37. The summed E-state index contributed by atoms with van der Waals surface area (Å²) in [6.45, 7) is 3.90. The molecule has 2 fully saturated rings. The first-order valence-corrected chi connectivity index (χ1v) is 6.28. The average Bonchev–Trinajstić information content (AvgIpc) is 2.88. The van der Waals surface area contributed by atoms with Crippen LogP contribution in [0.4, 0.5) is 11.5 Å². The van der Waals surface area contributed by atoms with Crippen molar-refractivity contribution >= 4 is 23.1 Å². The van der Waals surface area contributed by atoms with E-state index in [4.69, 9.17) is 11.6 Å². The van der Waals surface area contributed by atoms with Gasteiger partial charge in [-0.3, -0.25) is 10.1 Å². The predicted octanol–water partition coefficient (Wildman–Crippen LogP) is 1.30. The lowest BCUT2D eigenvalue weighted by atomic mass is 10.0. The number of anilines is 1. The van der Waals surface area contributed by atoms with Crippen LogP contribution in [-0.2, 0) is 0 Å². The van der Waals surface area contributed by atoms with Crippen molar-refractivity contribution in [2.45, 2.75) is 0 Å². The van der Waals surface area contributed by atoms with Gasteiger partial charge in [-0.1, -0.05) is 11.6 Å². The molecule has 2 saturated heterocycles. The average molecular weight is 269 g/mol. The monoisotopic (exact) mass is 268 g/mol. The van der Waals surface area contributed by atoms with E-state index in [9.17, 15) is 10.1 Å². The Labute approximate surface area is 109 Å². The number of nitrogens with zero attached hydrogens (tertiary/aromatic N) is 3. The van der Waals surface area contributed by atoms with E-state index in [2.05, 4.69) is 15.2 Å². The third-order valence-electron chi connectivity index (χ3n) is 3.71. The molecule has 2 aliphatic heterocycles. The molecule has 0 aromatic carbocycles. The molecule has 2 aliphatic rings. The number of hydrogen-bond acceptors (Lipinski definition) is 5. The molecule has 7 heteroatoms. The van der Waals surface area contributed by atoms with Gasteiger partial charge in [0.2, 0.25) is 0 Å². The Morgan fingerprint density at radius 2 is 2.11 bits per heavy atom. The summed E-state index contributed by atoms with van der Waals surface area (Å²) in [5.74, 6) is 1.94. The van der Waals surface area contributed by atoms with Crippen LogP contribution in [0.3, 0.4) is 0 Å². The molecule has 0 unspecified atom stereocenters. The van der Waals surface area contributed by atoms with Gasteiger partial charge in [0.1, 0.15) is 12.0 Å². The molecule has 96 valence electrons. The fourth-order valence-corrected chi connectivity index (χ4v) is 3.06. The Morgan fingerprint density at radius 3 is 2.67 bits per heavy atom. The van der Waals surface area contributed by atoms with Gasteiger partial charge in [0.15, 0.2) is 0 Å². The van der Waals surface area contributed by atoms with E-state index in [1.165, 1.54) is 12.3 Å². The SMILES string of the molecule is O=[N+]([O-])c1cnc(N2C[C@H]3CNC[C@H]3C2)c(Cl)c1. The first kappa shape index (κ1) is 11.7. The van der Waals surface area contributed by atoms with Crippen molar-refractivity contribution in [1.82, 2.24) is 10.3 Å². The van der Waals surface area contributed by atoms with Crippen LogP contribution in [-0.4, -0.2) is 36.1 Å². The molecule has 1 N–H and O–H groups in total. The molecule has 0 saturated carbocycles. The smallest absolute Gasteiger partial charge is 0.289 e. The van der Waals surface area contributed by atoms with Crippen LogP contribution in [0.1, 0.15) is 0 Å². The minimum absolute atomic E-state index is 0.0650. The van der Waals surface area contributed by atoms with Crippen molar-refractivity contribution in [2.24, 2.45) is 11.8 Å². The normalized spacial score (nSPS) is 26.4. The van der Waals surface area contributed by atoms with Gasteiger partial charge in [-0.15, -0.1) is 0 Å². The second-order valence-electron chi connectivity index (χ2n) is 4.84. The number of halogens is 1. The number of pyridine rings is 1. The molecule has 18 heavy (non-hydrogen) atoms. The van der Waals surface area contributed by atoms with E-state index >= 15 is 0 Å². The van der Waals surface area contributed by atoms with E-state index in [1.54, 1.807) is 0 Å². The molecule has 0 bridgehead atoms. The maximum absolute atomic E-state index is 10.6. The maximum Gasteiger partial charge on any atom is 0.289 e. The van der Waals surface area contributed by atoms with E-state index in [0.29, 0.717) is 22.7 Å². The zero-order chi connectivity index (χ0) is 12.7. The van der Waals surface area contributed by atoms with Gasteiger partial charge in [-0.2, -0.15) is 0 Å². The second kappa shape index (κ2) is 4.37. The standard InChI is InChI=1S/C11H13ClN4O2/c12-10-1-9(16(17)18)4-14-11(10)15-5-7-2-13-3-8(7)6-15/h1,4,7-8,13H,2-3,5-6H2/t7-,8+. The molecule has 1 aromatic heterocycles. The minimum atomic E-state index is -0.481. The fraction of sp³-hybridized carbons (Fsp3) is 0.545. The fourth-order valence-electron chi connectivity index (χ4n) is 2.78. The third kappa shape index (κ3) is 1.91. The van der Waals surface area contributed by atoms with Crippen LogP contribution in [0.2, 0.25) is 5.02 Å². The Bertz CT molecular complexity index is 484. The van der Waals surface area contributed by atoms with Crippen LogP contribution < -0.4 is 10.2 Å². The minimum Gasteiger partial charge on any atom is -0.355 e. The zero-order valence-electron chi connectivity index (χ0n) is 9.67. The predicted molar refractivity (Wildman–Crippen MR) is 68.0 cm³/mol. The summed E-state index contributed by atoms with van der Waals surface area (Å²) in [4.78, 5) is 16.4. The largest absolute Gasteiger partial charge is 0.355 e. The van der Waals surface area contributed by atoms with Crippen LogP contribution in [0.5, 0.6) is 0 Å². The summed E-state index contributed by atoms with van der Waals surface area (Å²) in [5, 5.41) is 14.4. The van der Waals surface area contributed by atoms with Gasteiger partial charge in [0.05, 0.1) is 9.95 Å². The maximum atomic E-state index is 10.6. The molecule has 6 nitrogen and oxygen atoms in total. The van der Waals surface area contributed by atoms with Crippen molar-refractivity contribution in [3.8, 4) is 0 Å². The number of nitrogens with one attached hydrogen (secondary N) is 1. The first-order valence-electron chi connectivity index (χ1n) is 5.91. The summed E-state index contributed by atoms with van der Waals surface area (Å²) in [7, 11) is 0. The first-order chi connectivity index (χ1) is 8.65. The quantitative estimate of drug-likeness (QED) is 0.647. The number of hydrogen-bond donors (Lipinski definition) is 1. The lowest BCUT2D eigenvalue weighted by molar-refractivity contribution is -0.385. The molecule has 2 atom stereocenters. The van der Waals surface area contributed by atoms with E-state index in [-0.39, 0.29) is 5.69 Å². The lowest BCUT2D eigenvalue weighted by Crippen LogP contribution is -2.26. The second-order valence-corrected chi connectivity index (χ2v) is 5.25. The summed E-state index contributed by atoms with van der Waals surface area (Å²) >= 11 is 6.09. The molecule has 3 rings (SSSR count). The van der Waals surface area contributed by atoms with Crippen LogP contribution in [0.15, 0.2) is 12.3 Å². The number of aromatic nitrogens is 1. The molecule has 0 spiro atoms. The Kier molecular flexibility index (Phi) is 2.83. The zero-order valence-corrected chi connectivity index (χ0v) is 10.4. The van der Waals surface area contributed by atoms with Gasteiger partial charge in [0, 0.05) is 32.2 Å². The highest BCUT2D eigenvalue weighted by atomic mass is 35.5. The van der Waals surface area contributed by atoms with Crippen LogP contribution in [0.25, 0.3) is 0 Å². The Morgan fingerprint density at radius 1 is 1.44 bits per heavy atom. The molecule has 0 aliphatic carbocycles. The lowest BCUT2D eigenvalue weighted by Gasteiger charge is -2.19. The van der Waals surface area contributed by atoms with Crippen LogP contribution in [0, 0.1) is 22.0 Å². The Balaban J connectivity index is 1.83. The Hall–Kier alpha value is -1.40. The molecular weight excluding hydrogens is 256 g/mol. The highest BCUT2D eigenvalue weighted by Crippen LogP contribution is 2.34. The van der Waals surface area contributed by atoms with Gasteiger partial charge in [0.25, 0.3) is 5.69 Å². The molecule has 3 heterocycles. The van der Waals surface area contributed by atoms with E-state index in [0.717, 1.165) is 26.2 Å². The van der Waals surface area contributed by atoms with Gasteiger partial charge in [-0.05, 0) is 11.8 Å². The molecule has 0 radical (unpaired) electrons. The number of rotatable bonds is 2. The summed E-state index contributed by atoms with van der Waals surface area (Å²) < 4.78 is 0. The summed E-state index contributed by atoms with van der Waals surface area (Å²) in [5.41, 5.74) is -0.0650. The van der Waals surface area contributed by atoms with Gasteiger partial charge in [-0.25, -0.2) is 4.98 Å². The molecule has 0 amide bonds. The molecular formula is C11H13ClN4O2. The van der Waals surface area contributed by atoms with Crippen molar-refractivity contribution < 1.29 is 4.92 Å². The number of fused-ring (bicyclic) bond motifs is 1. The van der Waals surface area contributed by atoms with E-state index in [1.807, 2.05) is 0 Å². The highest BCUT2D eigenvalue weighted by Gasteiger charge is 2.37. The van der Waals surface area contributed by atoms with E-state index < -0.39 is 4.92 Å². The van der Waals surface area contributed by atoms with Crippen molar-refractivity contribution in [1.29, 1.82) is 0 Å².